The van der Waals surface area contributed by atoms with Gasteiger partial charge in [0.2, 0.25) is 11.8 Å². The highest BCUT2D eigenvalue weighted by Gasteiger charge is 2.25. The molecule has 2 aromatic rings. The second kappa shape index (κ2) is 5.66. The normalized spacial score (nSPS) is 11.4. The van der Waals surface area contributed by atoms with Gasteiger partial charge in [0.15, 0.2) is 0 Å². The lowest BCUT2D eigenvalue weighted by Gasteiger charge is -2.09. The lowest BCUT2D eigenvalue weighted by atomic mass is 10.4. The van der Waals surface area contributed by atoms with E-state index in [-0.39, 0.29) is 29.0 Å². The van der Waals surface area contributed by atoms with Crippen LogP contribution >= 0.6 is 0 Å². The highest BCUT2D eigenvalue weighted by atomic mass is 32.2. The Morgan fingerprint density at radius 2 is 2.10 bits per heavy atom. The van der Waals surface area contributed by atoms with E-state index in [2.05, 4.69) is 24.9 Å². The van der Waals surface area contributed by atoms with Crippen LogP contribution in [0.5, 0.6) is 5.88 Å². The van der Waals surface area contributed by atoms with Crippen molar-refractivity contribution in [3.8, 4) is 5.88 Å². The van der Waals surface area contributed by atoms with Gasteiger partial charge in [-0.25, -0.2) is 18.1 Å². The number of sulfonamides is 1. The number of nitrogens with two attached hydrogens (primary N) is 1. The Hall–Kier alpha value is -2.20. The smallest absolute Gasteiger partial charge is 0.267 e. The molecule has 0 radical (unpaired) electrons. The summed E-state index contributed by atoms with van der Waals surface area (Å²) in [6.45, 7) is 3.30. The summed E-state index contributed by atoms with van der Waals surface area (Å²) in [4.78, 5) is 7.97. The van der Waals surface area contributed by atoms with Crippen molar-refractivity contribution in [3.63, 3.8) is 0 Å². The molecule has 9 nitrogen and oxygen atoms in total. The molecular formula is C11H16N6O3S. The van der Waals surface area contributed by atoms with Gasteiger partial charge in [-0.05, 0) is 13.8 Å². The fourth-order valence-corrected chi connectivity index (χ4v) is 3.15. The molecule has 21 heavy (non-hydrogen) atoms. The standard InChI is InChI=1S/C11H16N6O3S/c1-6-4-9(20-3)14-11(13-6)17-21(18,19)10-7(2)15-16-8(10)5-12/h4H,5,12H2,1-3H3,(H,15,16)(H,13,14,17). The van der Waals surface area contributed by atoms with Crippen LogP contribution in [0, 0.1) is 13.8 Å². The highest BCUT2D eigenvalue weighted by Crippen LogP contribution is 2.20. The monoisotopic (exact) mass is 312 g/mol. The fraction of sp³-hybridized carbons (Fsp3) is 0.364. The molecule has 0 saturated heterocycles. The number of nitrogens with zero attached hydrogens (tertiary/aromatic N) is 3. The summed E-state index contributed by atoms with van der Waals surface area (Å²) in [5.74, 6) is 0.193. The second-order valence-electron chi connectivity index (χ2n) is 4.31. The topological polar surface area (TPSA) is 136 Å². The molecule has 0 saturated carbocycles. The third-order valence-electron chi connectivity index (χ3n) is 2.69. The Balaban J connectivity index is 2.42. The summed E-state index contributed by atoms with van der Waals surface area (Å²) in [6.07, 6.45) is 0. The van der Waals surface area contributed by atoms with E-state index in [1.165, 1.54) is 7.11 Å². The number of ether oxygens (including phenoxy) is 1. The van der Waals surface area contributed by atoms with Crippen LogP contribution in [0.15, 0.2) is 11.0 Å². The molecule has 0 aliphatic carbocycles. The van der Waals surface area contributed by atoms with Crippen molar-refractivity contribution in [2.75, 3.05) is 11.8 Å². The molecule has 0 unspecified atom stereocenters. The average molecular weight is 312 g/mol. The minimum absolute atomic E-state index is 0.00141. The zero-order valence-electron chi connectivity index (χ0n) is 11.8. The van der Waals surface area contributed by atoms with Crippen LogP contribution in [0.1, 0.15) is 17.1 Å². The molecule has 2 rings (SSSR count). The Morgan fingerprint density at radius 1 is 1.38 bits per heavy atom. The number of aryl methyl sites for hydroxylation is 2. The first-order chi connectivity index (χ1) is 9.87. The number of H-pyrrole nitrogens is 1. The predicted molar refractivity (Wildman–Crippen MR) is 75.3 cm³/mol. The lowest BCUT2D eigenvalue weighted by molar-refractivity contribution is 0.397. The third kappa shape index (κ3) is 3.11. The molecule has 2 heterocycles. The number of methoxy groups -OCH3 is 1. The molecule has 0 fully saturated rings. The van der Waals surface area contributed by atoms with Crippen LogP contribution in [0.2, 0.25) is 0 Å². The zero-order valence-corrected chi connectivity index (χ0v) is 12.7. The van der Waals surface area contributed by atoms with E-state index in [1.54, 1.807) is 19.9 Å². The van der Waals surface area contributed by atoms with Crippen LogP contribution in [0.25, 0.3) is 0 Å². The Kier molecular flexibility index (Phi) is 4.09. The average Bonchev–Trinajstić information content (AvgIpc) is 2.79. The number of nitrogens with one attached hydrogen (secondary N) is 2. The fourth-order valence-electron chi connectivity index (χ4n) is 1.83. The van der Waals surface area contributed by atoms with E-state index in [1.807, 2.05) is 0 Å². The van der Waals surface area contributed by atoms with Gasteiger partial charge < -0.3 is 10.5 Å². The highest BCUT2D eigenvalue weighted by molar-refractivity contribution is 7.92. The summed E-state index contributed by atoms with van der Waals surface area (Å²) in [5.41, 5.74) is 6.71. The van der Waals surface area contributed by atoms with Gasteiger partial charge in [-0.15, -0.1) is 0 Å². The molecule has 0 bridgehead atoms. The lowest BCUT2D eigenvalue weighted by Crippen LogP contribution is -2.18. The van der Waals surface area contributed by atoms with Gasteiger partial charge in [0.25, 0.3) is 10.0 Å². The van der Waals surface area contributed by atoms with Crippen molar-refractivity contribution in [1.82, 2.24) is 20.2 Å². The van der Waals surface area contributed by atoms with Crippen molar-refractivity contribution < 1.29 is 13.2 Å². The summed E-state index contributed by atoms with van der Waals surface area (Å²) in [6, 6.07) is 1.59. The molecule has 0 amide bonds. The van der Waals surface area contributed by atoms with Gasteiger partial charge in [0, 0.05) is 18.3 Å². The maximum absolute atomic E-state index is 12.4. The molecular weight excluding hydrogens is 296 g/mol. The minimum Gasteiger partial charge on any atom is -0.481 e. The SMILES string of the molecule is COc1cc(C)nc(NS(=O)(=O)c2c(CN)n[nH]c2C)n1. The number of aromatic amines is 1. The van der Waals surface area contributed by atoms with Gasteiger partial charge in [-0.3, -0.25) is 5.10 Å². The number of rotatable bonds is 5. The van der Waals surface area contributed by atoms with Crippen molar-refractivity contribution in [1.29, 1.82) is 0 Å². The van der Waals surface area contributed by atoms with Crippen LogP contribution in [0.3, 0.4) is 0 Å². The van der Waals surface area contributed by atoms with Gasteiger partial charge in [0.05, 0.1) is 18.5 Å². The number of hydrogen-bond acceptors (Lipinski definition) is 7. The molecule has 0 spiro atoms. The number of anilines is 1. The second-order valence-corrected chi connectivity index (χ2v) is 5.93. The number of hydrogen-bond donors (Lipinski definition) is 3. The molecule has 0 atom stereocenters. The van der Waals surface area contributed by atoms with Crippen molar-refractivity contribution >= 4 is 16.0 Å². The van der Waals surface area contributed by atoms with Gasteiger partial charge in [0.1, 0.15) is 4.90 Å². The van der Waals surface area contributed by atoms with E-state index < -0.39 is 10.0 Å². The Labute approximate surface area is 122 Å². The first-order valence-corrected chi connectivity index (χ1v) is 7.52. The first kappa shape index (κ1) is 15.2. The maximum atomic E-state index is 12.4. The Morgan fingerprint density at radius 3 is 2.71 bits per heavy atom. The number of aromatic nitrogens is 4. The quantitative estimate of drug-likeness (QED) is 0.711. The van der Waals surface area contributed by atoms with E-state index in [4.69, 9.17) is 10.5 Å². The van der Waals surface area contributed by atoms with E-state index in [9.17, 15) is 8.42 Å². The van der Waals surface area contributed by atoms with E-state index in [0.29, 0.717) is 11.4 Å². The van der Waals surface area contributed by atoms with Crippen LogP contribution in [-0.4, -0.2) is 35.7 Å². The van der Waals surface area contributed by atoms with Gasteiger partial charge in [-0.1, -0.05) is 0 Å². The molecule has 10 heteroatoms. The molecule has 2 aromatic heterocycles. The summed E-state index contributed by atoms with van der Waals surface area (Å²) in [5, 5.41) is 6.46. The summed E-state index contributed by atoms with van der Waals surface area (Å²) >= 11 is 0. The summed E-state index contributed by atoms with van der Waals surface area (Å²) < 4.78 is 32.1. The van der Waals surface area contributed by atoms with Crippen LogP contribution in [-0.2, 0) is 16.6 Å². The zero-order chi connectivity index (χ0) is 15.6. The van der Waals surface area contributed by atoms with Crippen molar-refractivity contribution in [2.45, 2.75) is 25.3 Å². The maximum Gasteiger partial charge on any atom is 0.267 e. The first-order valence-electron chi connectivity index (χ1n) is 6.03. The molecule has 0 aliphatic heterocycles. The molecule has 0 aromatic carbocycles. The van der Waals surface area contributed by atoms with Crippen molar-refractivity contribution in [3.05, 3.63) is 23.1 Å². The van der Waals surface area contributed by atoms with Gasteiger partial charge >= 0.3 is 0 Å². The molecule has 0 aliphatic rings. The van der Waals surface area contributed by atoms with E-state index in [0.717, 1.165) is 0 Å². The molecule has 114 valence electrons. The Bertz CT molecular complexity index is 755. The third-order valence-corrected chi connectivity index (χ3v) is 4.22. The van der Waals surface area contributed by atoms with Crippen LogP contribution < -0.4 is 15.2 Å². The largest absolute Gasteiger partial charge is 0.481 e. The predicted octanol–water partition coefficient (Wildman–Crippen LogP) is 0.0846. The van der Waals surface area contributed by atoms with Gasteiger partial charge in [-0.2, -0.15) is 10.1 Å². The minimum atomic E-state index is -3.89. The summed E-state index contributed by atoms with van der Waals surface area (Å²) in [7, 11) is -2.45. The van der Waals surface area contributed by atoms with Crippen molar-refractivity contribution in [2.24, 2.45) is 5.73 Å². The molecule has 4 N–H and O–H groups in total. The van der Waals surface area contributed by atoms with Crippen LogP contribution in [0.4, 0.5) is 5.95 Å². The van der Waals surface area contributed by atoms with E-state index >= 15 is 0 Å².